The molecule has 0 unspecified atom stereocenters. The van der Waals surface area contributed by atoms with Crippen LogP contribution in [0.3, 0.4) is 0 Å². The molecule has 2 amide bonds. The summed E-state index contributed by atoms with van der Waals surface area (Å²) in [5.41, 5.74) is 2.51. The molecule has 136 valence electrons. The van der Waals surface area contributed by atoms with Crippen molar-refractivity contribution >= 4 is 60.6 Å². The van der Waals surface area contributed by atoms with Gasteiger partial charge in [0, 0.05) is 19.2 Å². The van der Waals surface area contributed by atoms with Crippen LogP contribution in [0.25, 0.3) is 20.4 Å². The minimum absolute atomic E-state index is 0.120. The maximum atomic E-state index is 12.7. The molecule has 0 atom stereocenters. The van der Waals surface area contributed by atoms with Crippen LogP contribution >= 0.6 is 22.7 Å². The molecule has 4 rings (SSSR count). The van der Waals surface area contributed by atoms with Gasteiger partial charge in [-0.3, -0.25) is 9.59 Å². The lowest BCUT2D eigenvalue weighted by atomic mass is 10.3. The summed E-state index contributed by atoms with van der Waals surface area (Å²) in [6.45, 7) is 4.17. The van der Waals surface area contributed by atoms with Gasteiger partial charge < -0.3 is 9.88 Å². The Bertz CT molecular complexity index is 1220. The first-order valence-electron chi connectivity index (χ1n) is 8.41. The van der Waals surface area contributed by atoms with Crippen LogP contribution in [0.15, 0.2) is 47.5 Å². The van der Waals surface area contributed by atoms with Gasteiger partial charge in [-0.2, -0.15) is 4.99 Å². The number of hydrogen-bond acceptors (Lipinski definition) is 5. The molecule has 0 saturated heterocycles. The first-order chi connectivity index (χ1) is 13.0. The van der Waals surface area contributed by atoms with Crippen LogP contribution in [0.4, 0.5) is 5.69 Å². The van der Waals surface area contributed by atoms with Gasteiger partial charge in [0.15, 0.2) is 9.81 Å². The Balaban J connectivity index is 1.79. The summed E-state index contributed by atoms with van der Waals surface area (Å²) in [6, 6.07) is 13.3. The second kappa shape index (κ2) is 7.05. The Morgan fingerprint density at radius 1 is 1.15 bits per heavy atom. The fourth-order valence-corrected chi connectivity index (χ4v) is 4.83. The first-order valence-corrected chi connectivity index (χ1v) is 10.0. The summed E-state index contributed by atoms with van der Waals surface area (Å²) in [5, 5.41) is 3.16. The van der Waals surface area contributed by atoms with Gasteiger partial charge in [-0.1, -0.05) is 23.5 Å². The molecule has 1 N–H and O–H groups in total. The van der Waals surface area contributed by atoms with Gasteiger partial charge >= 0.3 is 5.91 Å². The molecule has 0 fully saturated rings. The minimum Gasteiger partial charge on any atom is -0.326 e. The van der Waals surface area contributed by atoms with E-state index in [1.807, 2.05) is 54.0 Å². The molecule has 0 radical (unpaired) electrons. The summed E-state index contributed by atoms with van der Waals surface area (Å²) in [4.78, 5) is 33.3. The number of para-hydroxylation sites is 1. The zero-order chi connectivity index (χ0) is 19.0. The third-order valence-corrected chi connectivity index (χ3v) is 6.06. The van der Waals surface area contributed by atoms with Gasteiger partial charge in [0.1, 0.15) is 0 Å². The van der Waals surface area contributed by atoms with Crippen LogP contribution in [0, 0.1) is 0 Å². The molecule has 2 aromatic heterocycles. The smallest absolute Gasteiger partial charge is 0.308 e. The Morgan fingerprint density at radius 2 is 1.96 bits per heavy atom. The van der Waals surface area contributed by atoms with Gasteiger partial charge in [-0.05, 0) is 37.3 Å². The number of fused-ring (bicyclic) bond motifs is 2. The number of anilines is 1. The quantitative estimate of drug-likeness (QED) is 0.568. The van der Waals surface area contributed by atoms with Crippen LogP contribution in [-0.2, 0) is 11.3 Å². The average Bonchev–Trinajstić information content (AvgIpc) is 3.21. The van der Waals surface area contributed by atoms with E-state index in [0.717, 1.165) is 26.1 Å². The van der Waals surface area contributed by atoms with E-state index in [9.17, 15) is 9.59 Å². The third-order valence-electron chi connectivity index (χ3n) is 3.99. The molecule has 0 spiro atoms. The fourth-order valence-electron chi connectivity index (χ4n) is 2.84. The van der Waals surface area contributed by atoms with E-state index in [-0.39, 0.29) is 11.8 Å². The monoisotopic (exact) mass is 396 g/mol. The number of carbonyl (C=O) groups is 2. The van der Waals surface area contributed by atoms with E-state index in [4.69, 9.17) is 0 Å². The van der Waals surface area contributed by atoms with Crippen LogP contribution in [0.5, 0.6) is 0 Å². The number of rotatable bonds is 3. The standard InChI is InChI=1S/C19H16N4O2S2/c1-3-23-14-9-8-12(20-11(2)24)10-16(14)27-19(23)22-17(25)18-21-13-6-4-5-7-15(13)26-18/h4-10H,3H2,1-2H3,(H,20,24). The number of nitrogens with one attached hydrogen (secondary N) is 1. The number of amides is 2. The summed E-state index contributed by atoms with van der Waals surface area (Å²) < 4.78 is 3.91. The maximum Gasteiger partial charge on any atom is 0.308 e. The molecule has 2 heterocycles. The molecule has 0 aliphatic carbocycles. The minimum atomic E-state index is -0.341. The van der Waals surface area contributed by atoms with E-state index < -0.39 is 0 Å². The second-order valence-corrected chi connectivity index (χ2v) is 7.94. The highest BCUT2D eigenvalue weighted by Gasteiger charge is 2.13. The normalized spacial score (nSPS) is 12.0. The number of aromatic nitrogens is 2. The summed E-state index contributed by atoms with van der Waals surface area (Å²) >= 11 is 2.77. The average molecular weight is 396 g/mol. The molecule has 0 aliphatic rings. The number of hydrogen-bond donors (Lipinski definition) is 1. The molecule has 8 heteroatoms. The van der Waals surface area contributed by atoms with Crippen molar-refractivity contribution in [1.29, 1.82) is 0 Å². The summed E-state index contributed by atoms with van der Waals surface area (Å²) in [5.74, 6) is -0.461. The van der Waals surface area contributed by atoms with Gasteiger partial charge in [-0.15, -0.1) is 11.3 Å². The van der Waals surface area contributed by atoms with Crippen molar-refractivity contribution in [2.24, 2.45) is 4.99 Å². The zero-order valence-electron chi connectivity index (χ0n) is 14.7. The van der Waals surface area contributed by atoms with Gasteiger partial charge in [0.25, 0.3) is 0 Å². The lowest BCUT2D eigenvalue weighted by molar-refractivity contribution is -0.114. The van der Waals surface area contributed by atoms with Crippen molar-refractivity contribution in [3.05, 3.63) is 52.3 Å². The Hall–Kier alpha value is -2.84. The fraction of sp³-hybridized carbons (Fsp3) is 0.158. The van der Waals surface area contributed by atoms with E-state index in [1.54, 1.807) is 0 Å². The Labute approximate surface area is 162 Å². The highest BCUT2D eigenvalue weighted by Crippen LogP contribution is 2.24. The first kappa shape index (κ1) is 17.6. The lowest BCUT2D eigenvalue weighted by Gasteiger charge is -2.03. The molecular formula is C19H16N4O2S2. The molecule has 0 aliphatic heterocycles. The van der Waals surface area contributed by atoms with Crippen LogP contribution in [0.1, 0.15) is 23.6 Å². The molecular weight excluding hydrogens is 380 g/mol. The Kier molecular flexibility index (Phi) is 4.59. The topological polar surface area (TPSA) is 76.3 Å². The molecule has 2 aromatic carbocycles. The number of benzene rings is 2. The Morgan fingerprint density at radius 3 is 2.70 bits per heavy atom. The highest BCUT2D eigenvalue weighted by atomic mass is 32.1. The van der Waals surface area contributed by atoms with E-state index in [0.29, 0.717) is 16.4 Å². The molecule has 0 saturated carbocycles. The molecule has 4 aromatic rings. The van der Waals surface area contributed by atoms with Crippen molar-refractivity contribution in [2.75, 3.05) is 5.32 Å². The number of nitrogens with zero attached hydrogens (tertiary/aromatic N) is 3. The van der Waals surface area contributed by atoms with E-state index >= 15 is 0 Å². The van der Waals surface area contributed by atoms with Crippen molar-refractivity contribution in [2.45, 2.75) is 20.4 Å². The van der Waals surface area contributed by atoms with Crippen molar-refractivity contribution in [3.63, 3.8) is 0 Å². The van der Waals surface area contributed by atoms with Crippen LogP contribution in [0.2, 0.25) is 0 Å². The zero-order valence-corrected chi connectivity index (χ0v) is 16.4. The van der Waals surface area contributed by atoms with Crippen molar-refractivity contribution in [3.8, 4) is 0 Å². The SMILES string of the molecule is CCn1c(=NC(=O)c2nc3ccccc3s2)sc2cc(NC(C)=O)ccc21. The van der Waals surface area contributed by atoms with Gasteiger partial charge in [-0.25, -0.2) is 4.98 Å². The lowest BCUT2D eigenvalue weighted by Crippen LogP contribution is -2.15. The third kappa shape index (κ3) is 3.41. The number of carbonyl (C=O) groups excluding carboxylic acids is 2. The van der Waals surface area contributed by atoms with Crippen molar-refractivity contribution in [1.82, 2.24) is 9.55 Å². The van der Waals surface area contributed by atoms with Gasteiger partial charge in [0.05, 0.1) is 20.4 Å². The molecule has 0 bridgehead atoms. The van der Waals surface area contributed by atoms with Crippen molar-refractivity contribution < 1.29 is 9.59 Å². The summed E-state index contributed by atoms with van der Waals surface area (Å²) in [7, 11) is 0. The van der Waals surface area contributed by atoms with Gasteiger partial charge in [0.2, 0.25) is 5.91 Å². The largest absolute Gasteiger partial charge is 0.326 e. The predicted molar refractivity (Wildman–Crippen MR) is 109 cm³/mol. The number of thiazole rings is 2. The van der Waals surface area contributed by atoms with Crippen LogP contribution in [-0.4, -0.2) is 21.4 Å². The predicted octanol–water partition coefficient (Wildman–Crippen LogP) is 4.03. The number of aryl methyl sites for hydroxylation is 1. The van der Waals surface area contributed by atoms with Crippen LogP contribution < -0.4 is 10.1 Å². The second-order valence-electron chi connectivity index (χ2n) is 5.90. The van der Waals surface area contributed by atoms with E-state index in [2.05, 4.69) is 15.3 Å². The summed E-state index contributed by atoms with van der Waals surface area (Å²) in [6.07, 6.45) is 0. The highest BCUT2D eigenvalue weighted by molar-refractivity contribution is 7.20. The molecule has 6 nitrogen and oxygen atoms in total. The molecule has 27 heavy (non-hydrogen) atoms. The van der Waals surface area contributed by atoms with E-state index in [1.165, 1.54) is 29.6 Å². The maximum absolute atomic E-state index is 12.7.